The lowest BCUT2D eigenvalue weighted by atomic mass is 9.95. The van der Waals surface area contributed by atoms with Gasteiger partial charge in [-0.05, 0) is 39.0 Å². The molecule has 0 saturated carbocycles. The van der Waals surface area contributed by atoms with Crippen molar-refractivity contribution in [3.05, 3.63) is 0 Å². The van der Waals surface area contributed by atoms with E-state index >= 15 is 0 Å². The van der Waals surface area contributed by atoms with Gasteiger partial charge in [0.2, 0.25) is 0 Å². The Morgan fingerprint density at radius 3 is 2.78 bits per heavy atom. The van der Waals surface area contributed by atoms with Gasteiger partial charge in [0.05, 0.1) is 6.10 Å². The molecule has 0 bridgehead atoms. The Morgan fingerprint density at radius 2 is 2.11 bits per heavy atom. The first-order chi connectivity index (χ1) is 8.56. The first kappa shape index (κ1) is 14.3. The molecule has 4 unspecified atom stereocenters. The monoisotopic (exact) mass is 254 g/mol. The third kappa shape index (κ3) is 3.69. The first-order valence-electron chi connectivity index (χ1n) is 7.67. The molecular formula is C15H30N2O. The number of piperazine rings is 1. The quantitative estimate of drug-likeness (QED) is 0.836. The summed E-state index contributed by atoms with van der Waals surface area (Å²) in [6, 6.07) is 2.09. The Labute approximate surface area is 112 Å². The van der Waals surface area contributed by atoms with E-state index < -0.39 is 0 Å². The Balaban J connectivity index is 1.92. The second-order valence-electron chi connectivity index (χ2n) is 6.64. The summed E-state index contributed by atoms with van der Waals surface area (Å²) in [4.78, 5) is 2.74. The Morgan fingerprint density at radius 1 is 1.33 bits per heavy atom. The Kier molecular flexibility index (Phi) is 5.05. The summed E-state index contributed by atoms with van der Waals surface area (Å²) in [7, 11) is 0. The van der Waals surface area contributed by atoms with Crippen molar-refractivity contribution < 1.29 is 4.74 Å². The van der Waals surface area contributed by atoms with Gasteiger partial charge < -0.3 is 10.1 Å². The zero-order valence-corrected chi connectivity index (χ0v) is 12.5. The zero-order chi connectivity index (χ0) is 13.1. The SMILES string of the molecule is CC(C)CC1CN(C2CCOC(C)C2)C(C)CN1. The minimum Gasteiger partial charge on any atom is -0.378 e. The molecule has 0 amide bonds. The number of hydrogen-bond donors (Lipinski definition) is 1. The molecular weight excluding hydrogens is 224 g/mol. The molecule has 2 aliphatic heterocycles. The van der Waals surface area contributed by atoms with Crippen LogP contribution in [0.5, 0.6) is 0 Å². The van der Waals surface area contributed by atoms with Gasteiger partial charge in [0.15, 0.2) is 0 Å². The molecule has 2 rings (SSSR count). The number of nitrogens with zero attached hydrogens (tertiary/aromatic N) is 1. The molecule has 0 aromatic rings. The standard InChI is InChI=1S/C15H30N2O/c1-11(2)7-14-10-17(12(3)9-16-14)15-5-6-18-13(4)8-15/h11-16H,5-10H2,1-4H3. The van der Waals surface area contributed by atoms with Gasteiger partial charge in [-0.15, -0.1) is 0 Å². The van der Waals surface area contributed by atoms with Crippen LogP contribution in [-0.4, -0.2) is 48.8 Å². The molecule has 1 N–H and O–H groups in total. The molecule has 0 radical (unpaired) electrons. The minimum atomic E-state index is 0.439. The van der Waals surface area contributed by atoms with E-state index in [-0.39, 0.29) is 0 Å². The van der Waals surface area contributed by atoms with Gasteiger partial charge >= 0.3 is 0 Å². The largest absolute Gasteiger partial charge is 0.378 e. The van der Waals surface area contributed by atoms with Crippen LogP contribution in [0, 0.1) is 5.92 Å². The van der Waals surface area contributed by atoms with Crippen molar-refractivity contribution in [3.8, 4) is 0 Å². The van der Waals surface area contributed by atoms with E-state index in [0.29, 0.717) is 18.2 Å². The van der Waals surface area contributed by atoms with Crippen molar-refractivity contribution in [3.63, 3.8) is 0 Å². The fourth-order valence-electron chi connectivity index (χ4n) is 3.46. The second-order valence-corrected chi connectivity index (χ2v) is 6.64. The number of nitrogens with one attached hydrogen (secondary N) is 1. The lowest BCUT2D eigenvalue weighted by Crippen LogP contribution is -2.59. The van der Waals surface area contributed by atoms with Crippen LogP contribution >= 0.6 is 0 Å². The molecule has 3 heteroatoms. The molecule has 0 aromatic heterocycles. The van der Waals surface area contributed by atoms with Crippen molar-refractivity contribution in [2.75, 3.05) is 19.7 Å². The van der Waals surface area contributed by atoms with Crippen LogP contribution in [0.25, 0.3) is 0 Å². The van der Waals surface area contributed by atoms with E-state index in [1.807, 2.05) is 0 Å². The summed E-state index contributed by atoms with van der Waals surface area (Å²) in [5.41, 5.74) is 0. The maximum Gasteiger partial charge on any atom is 0.0561 e. The summed E-state index contributed by atoms with van der Waals surface area (Å²) < 4.78 is 5.68. The predicted molar refractivity (Wildman–Crippen MR) is 75.8 cm³/mol. The van der Waals surface area contributed by atoms with Crippen molar-refractivity contribution in [2.24, 2.45) is 5.92 Å². The van der Waals surface area contributed by atoms with Crippen LogP contribution < -0.4 is 5.32 Å². The third-order valence-corrected chi connectivity index (χ3v) is 4.38. The van der Waals surface area contributed by atoms with Crippen LogP contribution in [0.2, 0.25) is 0 Å². The minimum absolute atomic E-state index is 0.439. The molecule has 2 heterocycles. The molecule has 3 nitrogen and oxygen atoms in total. The average Bonchev–Trinajstić information content (AvgIpc) is 2.31. The highest BCUT2D eigenvalue weighted by molar-refractivity contribution is 4.90. The Hall–Kier alpha value is -0.120. The summed E-state index contributed by atoms with van der Waals surface area (Å²) >= 11 is 0. The summed E-state index contributed by atoms with van der Waals surface area (Å²) in [6.45, 7) is 12.5. The van der Waals surface area contributed by atoms with E-state index in [2.05, 4.69) is 37.9 Å². The van der Waals surface area contributed by atoms with Crippen LogP contribution in [0.15, 0.2) is 0 Å². The van der Waals surface area contributed by atoms with E-state index in [9.17, 15) is 0 Å². The lowest BCUT2D eigenvalue weighted by molar-refractivity contribution is -0.0360. The molecule has 0 spiro atoms. The molecule has 2 aliphatic rings. The van der Waals surface area contributed by atoms with Gasteiger partial charge in [-0.3, -0.25) is 4.90 Å². The van der Waals surface area contributed by atoms with Crippen molar-refractivity contribution in [1.82, 2.24) is 10.2 Å². The molecule has 106 valence electrons. The molecule has 2 saturated heterocycles. The van der Waals surface area contributed by atoms with Crippen molar-refractivity contribution >= 4 is 0 Å². The highest BCUT2D eigenvalue weighted by atomic mass is 16.5. The van der Waals surface area contributed by atoms with Crippen LogP contribution in [-0.2, 0) is 4.74 Å². The van der Waals surface area contributed by atoms with E-state index in [4.69, 9.17) is 4.74 Å². The van der Waals surface area contributed by atoms with Gasteiger partial charge in [0.1, 0.15) is 0 Å². The second kappa shape index (κ2) is 6.36. The highest BCUT2D eigenvalue weighted by Gasteiger charge is 2.32. The third-order valence-electron chi connectivity index (χ3n) is 4.38. The molecule has 0 aromatic carbocycles. The summed E-state index contributed by atoms with van der Waals surface area (Å²) in [6.07, 6.45) is 4.15. The highest BCUT2D eigenvalue weighted by Crippen LogP contribution is 2.24. The van der Waals surface area contributed by atoms with Crippen LogP contribution in [0.4, 0.5) is 0 Å². The predicted octanol–water partition coefficient (Wildman–Crippen LogP) is 2.26. The smallest absolute Gasteiger partial charge is 0.0561 e. The number of rotatable bonds is 3. The lowest BCUT2D eigenvalue weighted by Gasteiger charge is -2.46. The van der Waals surface area contributed by atoms with Crippen molar-refractivity contribution in [2.45, 2.75) is 71.2 Å². The number of ether oxygens (including phenoxy) is 1. The fourth-order valence-corrected chi connectivity index (χ4v) is 3.46. The van der Waals surface area contributed by atoms with E-state index in [0.717, 1.165) is 25.1 Å². The molecule has 0 aliphatic carbocycles. The maximum absolute atomic E-state index is 5.68. The zero-order valence-electron chi connectivity index (χ0n) is 12.5. The summed E-state index contributed by atoms with van der Waals surface area (Å²) in [5, 5.41) is 3.71. The molecule has 4 atom stereocenters. The first-order valence-corrected chi connectivity index (χ1v) is 7.67. The van der Waals surface area contributed by atoms with Gasteiger partial charge in [-0.2, -0.15) is 0 Å². The summed E-state index contributed by atoms with van der Waals surface area (Å²) in [5.74, 6) is 0.784. The van der Waals surface area contributed by atoms with Crippen LogP contribution in [0.1, 0.15) is 47.0 Å². The average molecular weight is 254 g/mol. The van der Waals surface area contributed by atoms with Crippen LogP contribution in [0.3, 0.4) is 0 Å². The van der Waals surface area contributed by atoms with Gasteiger partial charge in [0, 0.05) is 37.8 Å². The van der Waals surface area contributed by atoms with Gasteiger partial charge in [0.25, 0.3) is 0 Å². The van der Waals surface area contributed by atoms with Crippen molar-refractivity contribution in [1.29, 1.82) is 0 Å². The Bertz CT molecular complexity index is 257. The van der Waals surface area contributed by atoms with E-state index in [1.54, 1.807) is 0 Å². The fraction of sp³-hybridized carbons (Fsp3) is 1.00. The van der Waals surface area contributed by atoms with Gasteiger partial charge in [-0.1, -0.05) is 13.8 Å². The van der Waals surface area contributed by atoms with Gasteiger partial charge in [-0.25, -0.2) is 0 Å². The molecule has 2 fully saturated rings. The van der Waals surface area contributed by atoms with E-state index in [1.165, 1.54) is 25.8 Å². The molecule has 18 heavy (non-hydrogen) atoms. The number of hydrogen-bond acceptors (Lipinski definition) is 3. The topological polar surface area (TPSA) is 24.5 Å². The normalized spacial score (nSPS) is 39.2. The maximum atomic E-state index is 5.68.